The highest BCUT2D eigenvalue weighted by Gasteiger charge is 2.24. The Morgan fingerprint density at radius 1 is 0.938 bits per heavy atom. The normalized spacial score (nSPS) is 22.1. The fourth-order valence-electron chi connectivity index (χ4n) is 3.34. The van der Waals surface area contributed by atoms with Gasteiger partial charge in [0.1, 0.15) is 0 Å². The van der Waals surface area contributed by atoms with Gasteiger partial charge in [0, 0.05) is 21.8 Å². The maximum absolute atomic E-state index is 3.84. The van der Waals surface area contributed by atoms with E-state index in [0.29, 0.717) is 0 Å². The van der Waals surface area contributed by atoms with E-state index in [0.717, 1.165) is 5.92 Å². The molecule has 1 aromatic rings. The van der Waals surface area contributed by atoms with Gasteiger partial charge < -0.3 is 4.98 Å². The number of H-pyrrole nitrogens is 1. The largest absolute Gasteiger partial charge is 0.361 e. The summed E-state index contributed by atoms with van der Waals surface area (Å²) in [5, 5.41) is 0. The van der Waals surface area contributed by atoms with Crippen LogP contribution in [0.2, 0.25) is 0 Å². The summed E-state index contributed by atoms with van der Waals surface area (Å²) >= 11 is 3.84. The van der Waals surface area contributed by atoms with Crippen molar-refractivity contribution >= 4 is 15.9 Å². The van der Waals surface area contributed by atoms with Gasteiger partial charge in [-0.05, 0) is 60.0 Å². The maximum Gasteiger partial charge on any atom is 0.0420 e. The summed E-state index contributed by atoms with van der Waals surface area (Å²) in [6, 6.07) is 0. The average molecular weight is 282 g/mol. The molecule has 3 rings (SSSR count). The molecule has 0 aromatic carbocycles. The third-order valence-corrected chi connectivity index (χ3v) is 5.17. The van der Waals surface area contributed by atoms with E-state index in [1.54, 1.807) is 5.56 Å². The zero-order valence-electron chi connectivity index (χ0n) is 9.82. The van der Waals surface area contributed by atoms with Gasteiger partial charge in [0.05, 0.1) is 0 Å². The van der Waals surface area contributed by atoms with Gasteiger partial charge >= 0.3 is 0 Å². The minimum atomic E-state index is 0.800. The number of halogens is 1. The minimum absolute atomic E-state index is 0.800. The van der Waals surface area contributed by atoms with Crippen LogP contribution in [0.4, 0.5) is 0 Å². The van der Waals surface area contributed by atoms with Crippen LogP contribution in [-0.2, 0) is 12.8 Å². The van der Waals surface area contributed by atoms with Gasteiger partial charge in [-0.3, -0.25) is 0 Å². The molecule has 0 aliphatic heterocycles. The van der Waals surface area contributed by atoms with Gasteiger partial charge in [-0.1, -0.05) is 19.3 Å². The van der Waals surface area contributed by atoms with E-state index in [2.05, 4.69) is 20.9 Å². The number of aryl methyl sites for hydroxylation is 1. The SMILES string of the molecule is Brc1c(C2CCCCC2)[nH]c2c1CCCC2. The highest BCUT2D eigenvalue weighted by molar-refractivity contribution is 9.10. The summed E-state index contributed by atoms with van der Waals surface area (Å²) in [4.78, 5) is 3.72. The number of fused-ring (bicyclic) bond motifs is 1. The van der Waals surface area contributed by atoms with E-state index >= 15 is 0 Å². The highest BCUT2D eigenvalue weighted by Crippen LogP contribution is 2.40. The van der Waals surface area contributed by atoms with Crippen molar-refractivity contribution in [3.8, 4) is 0 Å². The van der Waals surface area contributed by atoms with Gasteiger partial charge in [-0.25, -0.2) is 0 Å². The van der Waals surface area contributed by atoms with Crippen LogP contribution in [0, 0.1) is 0 Å². The van der Waals surface area contributed by atoms with Crippen molar-refractivity contribution in [2.75, 3.05) is 0 Å². The van der Waals surface area contributed by atoms with Gasteiger partial charge in [-0.15, -0.1) is 0 Å². The predicted molar refractivity (Wildman–Crippen MR) is 71.0 cm³/mol. The van der Waals surface area contributed by atoms with E-state index in [1.807, 2.05) is 0 Å². The number of hydrogen-bond acceptors (Lipinski definition) is 0. The molecular weight excluding hydrogens is 262 g/mol. The molecule has 0 unspecified atom stereocenters. The highest BCUT2D eigenvalue weighted by atomic mass is 79.9. The number of aromatic nitrogens is 1. The molecule has 1 saturated carbocycles. The monoisotopic (exact) mass is 281 g/mol. The van der Waals surface area contributed by atoms with Crippen LogP contribution in [0.15, 0.2) is 4.47 Å². The van der Waals surface area contributed by atoms with E-state index in [-0.39, 0.29) is 0 Å². The van der Waals surface area contributed by atoms with Crippen LogP contribution in [0.3, 0.4) is 0 Å². The lowest BCUT2D eigenvalue weighted by atomic mass is 9.87. The molecule has 0 amide bonds. The lowest BCUT2D eigenvalue weighted by Crippen LogP contribution is -2.05. The third kappa shape index (κ3) is 1.85. The lowest BCUT2D eigenvalue weighted by molar-refractivity contribution is 0.436. The van der Waals surface area contributed by atoms with Crippen molar-refractivity contribution in [3.63, 3.8) is 0 Å². The fraction of sp³-hybridized carbons (Fsp3) is 0.714. The third-order valence-electron chi connectivity index (χ3n) is 4.27. The van der Waals surface area contributed by atoms with Crippen molar-refractivity contribution in [1.29, 1.82) is 0 Å². The molecular formula is C14H20BrN. The number of rotatable bonds is 1. The molecule has 0 spiro atoms. The number of hydrogen-bond donors (Lipinski definition) is 1. The van der Waals surface area contributed by atoms with Crippen LogP contribution in [0.25, 0.3) is 0 Å². The topological polar surface area (TPSA) is 15.8 Å². The Kier molecular flexibility index (Phi) is 3.10. The predicted octanol–water partition coefficient (Wildman–Crippen LogP) is 4.70. The first kappa shape index (κ1) is 10.9. The second-order valence-electron chi connectivity index (χ2n) is 5.35. The molecule has 1 N–H and O–H groups in total. The summed E-state index contributed by atoms with van der Waals surface area (Å²) in [5.74, 6) is 0.800. The molecule has 0 bridgehead atoms. The zero-order chi connectivity index (χ0) is 11.0. The first-order valence-corrected chi connectivity index (χ1v) is 7.54. The Bertz CT molecular complexity index is 374. The standard InChI is InChI=1S/C14H20BrN/c15-13-11-8-4-5-9-12(11)16-14(13)10-6-2-1-3-7-10/h10,16H,1-9H2. The molecule has 0 saturated heterocycles. The van der Waals surface area contributed by atoms with Gasteiger partial charge in [0.2, 0.25) is 0 Å². The van der Waals surface area contributed by atoms with E-state index in [9.17, 15) is 0 Å². The van der Waals surface area contributed by atoms with Crippen LogP contribution in [0.1, 0.15) is 67.8 Å². The Labute approximate surface area is 106 Å². The smallest absolute Gasteiger partial charge is 0.0420 e. The van der Waals surface area contributed by atoms with Gasteiger partial charge in [0.25, 0.3) is 0 Å². The average Bonchev–Trinajstić information content (AvgIpc) is 2.69. The van der Waals surface area contributed by atoms with Crippen LogP contribution in [-0.4, -0.2) is 4.98 Å². The zero-order valence-corrected chi connectivity index (χ0v) is 11.4. The summed E-state index contributed by atoms with van der Waals surface area (Å²) in [5.41, 5.74) is 4.64. The Hall–Kier alpha value is -0.240. The molecule has 1 aromatic heterocycles. The second-order valence-corrected chi connectivity index (χ2v) is 6.14. The summed E-state index contributed by atoms with van der Waals surface area (Å²) in [6.45, 7) is 0. The molecule has 0 atom stereocenters. The Balaban J connectivity index is 1.91. The molecule has 1 nitrogen and oxygen atoms in total. The molecule has 2 aliphatic rings. The van der Waals surface area contributed by atoms with Crippen molar-refractivity contribution in [2.45, 2.75) is 63.7 Å². The summed E-state index contributed by atoms with van der Waals surface area (Å²) in [6.07, 6.45) is 12.3. The number of nitrogens with one attached hydrogen (secondary N) is 1. The van der Waals surface area contributed by atoms with Crippen molar-refractivity contribution in [3.05, 3.63) is 21.4 Å². The lowest BCUT2D eigenvalue weighted by Gasteiger charge is -2.21. The molecule has 16 heavy (non-hydrogen) atoms. The van der Waals surface area contributed by atoms with Crippen LogP contribution < -0.4 is 0 Å². The molecule has 2 heteroatoms. The van der Waals surface area contributed by atoms with E-state index < -0.39 is 0 Å². The minimum Gasteiger partial charge on any atom is -0.361 e. The van der Waals surface area contributed by atoms with E-state index in [1.165, 1.54) is 73.6 Å². The first-order chi connectivity index (χ1) is 7.86. The number of aromatic amines is 1. The fourth-order valence-corrected chi connectivity index (χ4v) is 4.20. The van der Waals surface area contributed by atoms with E-state index in [4.69, 9.17) is 0 Å². The van der Waals surface area contributed by atoms with Crippen molar-refractivity contribution < 1.29 is 0 Å². The van der Waals surface area contributed by atoms with Gasteiger partial charge in [0.15, 0.2) is 0 Å². The van der Waals surface area contributed by atoms with Gasteiger partial charge in [-0.2, -0.15) is 0 Å². The van der Waals surface area contributed by atoms with Crippen LogP contribution >= 0.6 is 15.9 Å². The van der Waals surface area contributed by atoms with Crippen LogP contribution in [0.5, 0.6) is 0 Å². The second kappa shape index (κ2) is 4.56. The summed E-state index contributed by atoms with van der Waals surface area (Å²) in [7, 11) is 0. The molecule has 1 heterocycles. The van der Waals surface area contributed by atoms with Crippen molar-refractivity contribution in [2.24, 2.45) is 0 Å². The Morgan fingerprint density at radius 2 is 1.69 bits per heavy atom. The Morgan fingerprint density at radius 3 is 2.44 bits per heavy atom. The molecule has 2 aliphatic carbocycles. The first-order valence-electron chi connectivity index (χ1n) is 6.75. The molecule has 88 valence electrons. The molecule has 0 radical (unpaired) electrons. The van der Waals surface area contributed by atoms with Crippen molar-refractivity contribution in [1.82, 2.24) is 4.98 Å². The summed E-state index contributed by atoms with van der Waals surface area (Å²) < 4.78 is 1.43. The molecule has 1 fully saturated rings. The quantitative estimate of drug-likeness (QED) is 0.768. The maximum atomic E-state index is 3.84.